The van der Waals surface area contributed by atoms with Crippen LogP contribution in [0.25, 0.3) is 33.3 Å². The fraction of sp³-hybridized carbons (Fsp3) is 0.133. The fourth-order valence-corrected chi connectivity index (χ4v) is 2.87. The number of fused-ring (bicyclic) bond motifs is 3. The van der Waals surface area contributed by atoms with Gasteiger partial charge in [0.15, 0.2) is 0 Å². The van der Waals surface area contributed by atoms with Gasteiger partial charge in [0.05, 0.1) is 11.4 Å². The minimum atomic E-state index is -0.167. The Morgan fingerprint density at radius 3 is 2.78 bits per heavy atom. The topological polar surface area (TPSA) is 17.8 Å². The van der Waals surface area contributed by atoms with Crippen LogP contribution in [0.3, 0.4) is 0 Å². The van der Waals surface area contributed by atoms with Gasteiger partial charge in [-0.3, -0.25) is 0 Å². The number of benzene rings is 2. The van der Waals surface area contributed by atoms with E-state index in [1.54, 1.807) is 0 Å². The molecule has 88 valence electrons. The van der Waals surface area contributed by atoms with Crippen LogP contribution < -0.4 is 0 Å². The van der Waals surface area contributed by atoms with Gasteiger partial charge in [-0.05, 0) is 19.1 Å². The van der Waals surface area contributed by atoms with Gasteiger partial charge in [0.25, 0.3) is 0 Å². The van der Waals surface area contributed by atoms with E-state index < -0.39 is 0 Å². The Hall–Kier alpha value is -2.16. The van der Waals surface area contributed by atoms with Crippen LogP contribution >= 0.6 is 0 Å². The summed E-state index contributed by atoms with van der Waals surface area (Å²) in [5.41, 5.74) is 4.20. The SMILES string of the molecule is Cc1nc2c(n1C)-c1cccc3c(F)ccc-2c13. The molecule has 2 aromatic carbocycles. The Morgan fingerprint density at radius 2 is 1.94 bits per heavy atom. The maximum absolute atomic E-state index is 13.9. The molecule has 0 unspecified atom stereocenters. The lowest BCUT2D eigenvalue weighted by Crippen LogP contribution is -1.93. The molecular weight excluding hydrogens is 227 g/mol. The fourth-order valence-electron chi connectivity index (χ4n) is 2.87. The minimum Gasteiger partial charge on any atom is -0.331 e. The van der Waals surface area contributed by atoms with Crippen molar-refractivity contribution in [1.29, 1.82) is 0 Å². The Bertz CT molecular complexity index is 815. The molecule has 3 heteroatoms. The number of nitrogens with zero attached hydrogens (tertiary/aromatic N) is 2. The van der Waals surface area contributed by atoms with Crippen molar-refractivity contribution in [3.8, 4) is 22.5 Å². The summed E-state index contributed by atoms with van der Waals surface area (Å²) in [6, 6.07) is 9.14. The zero-order valence-corrected chi connectivity index (χ0v) is 10.2. The van der Waals surface area contributed by atoms with Gasteiger partial charge >= 0.3 is 0 Å². The smallest absolute Gasteiger partial charge is 0.131 e. The Morgan fingerprint density at radius 1 is 1.11 bits per heavy atom. The zero-order chi connectivity index (χ0) is 12.4. The first kappa shape index (κ1) is 9.83. The lowest BCUT2D eigenvalue weighted by Gasteiger charge is -2.05. The van der Waals surface area contributed by atoms with E-state index in [1.807, 2.05) is 38.2 Å². The van der Waals surface area contributed by atoms with Gasteiger partial charge in [0.2, 0.25) is 0 Å². The predicted molar refractivity (Wildman–Crippen MR) is 69.8 cm³/mol. The van der Waals surface area contributed by atoms with Gasteiger partial charge in [-0.1, -0.05) is 18.2 Å². The highest BCUT2D eigenvalue weighted by atomic mass is 19.1. The highest BCUT2D eigenvalue weighted by Crippen LogP contribution is 2.47. The lowest BCUT2D eigenvalue weighted by atomic mass is 10.0. The second-order valence-corrected chi connectivity index (χ2v) is 4.74. The van der Waals surface area contributed by atoms with Crippen molar-refractivity contribution in [3.05, 3.63) is 42.0 Å². The van der Waals surface area contributed by atoms with Gasteiger partial charge in [-0.2, -0.15) is 0 Å². The van der Waals surface area contributed by atoms with E-state index in [4.69, 9.17) is 0 Å². The van der Waals surface area contributed by atoms with E-state index in [2.05, 4.69) is 9.55 Å². The minimum absolute atomic E-state index is 0.167. The lowest BCUT2D eigenvalue weighted by molar-refractivity contribution is 0.640. The Labute approximate surface area is 104 Å². The van der Waals surface area contributed by atoms with Crippen molar-refractivity contribution in [3.63, 3.8) is 0 Å². The molecule has 0 radical (unpaired) electrons. The second kappa shape index (κ2) is 2.99. The molecule has 0 fully saturated rings. The summed E-state index contributed by atoms with van der Waals surface area (Å²) >= 11 is 0. The second-order valence-electron chi connectivity index (χ2n) is 4.74. The molecule has 1 aromatic heterocycles. The van der Waals surface area contributed by atoms with Crippen LogP contribution in [0.5, 0.6) is 0 Å². The molecule has 0 saturated heterocycles. The molecule has 0 N–H and O–H groups in total. The molecule has 0 atom stereocenters. The molecule has 0 bridgehead atoms. The third-order valence-electron chi connectivity index (χ3n) is 3.82. The maximum Gasteiger partial charge on any atom is 0.131 e. The largest absolute Gasteiger partial charge is 0.331 e. The van der Waals surface area contributed by atoms with Crippen molar-refractivity contribution in [2.24, 2.45) is 7.05 Å². The normalized spacial score (nSPS) is 12.2. The number of hydrogen-bond donors (Lipinski definition) is 0. The number of aromatic nitrogens is 2. The van der Waals surface area contributed by atoms with E-state index in [9.17, 15) is 4.39 Å². The molecule has 2 nitrogen and oxygen atoms in total. The molecule has 1 aliphatic carbocycles. The van der Waals surface area contributed by atoms with Crippen LogP contribution in [-0.2, 0) is 7.05 Å². The summed E-state index contributed by atoms with van der Waals surface area (Å²) in [5, 5.41) is 1.67. The van der Waals surface area contributed by atoms with E-state index in [0.717, 1.165) is 33.7 Å². The van der Waals surface area contributed by atoms with E-state index in [-0.39, 0.29) is 5.82 Å². The number of rotatable bonds is 0. The third kappa shape index (κ3) is 0.957. The summed E-state index contributed by atoms with van der Waals surface area (Å²) in [7, 11) is 2.00. The van der Waals surface area contributed by atoms with Gasteiger partial charge in [-0.15, -0.1) is 0 Å². The van der Waals surface area contributed by atoms with Crippen molar-refractivity contribution in [2.75, 3.05) is 0 Å². The quantitative estimate of drug-likeness (QED) is 0.457. The Kier molecular flexibility index (Phi) is 1.63. The van der Waals surface area contributed by atoms with Crippen LogP contribution in [0.15, 0.2) is 30.3 Å². The molecule has 1 aliphatic rings. The van der Waals surface area contributed by atoms with Crippen molar-refractivity contribution in [1.82, 2.24) is 9.55 Å². The average Bonchev–Trinajstić information content (AvgIpc) is 2.83. The maximum atomic E-state index is 13.9. The zero-order valence-electron chi connectivity index (χ0n) is 10.2. The standard InChI is InChI=1S/C15H11FN2/c1-8-17-14-10-6-7-12(16)9-4-3-5-11(13(9)10)15(14)18(8)2/h3-7H,1-2H3. The Balaban J connectivity index is 2.27. The summed E-state index contributed by atoms with van der Waals surface area (Å²) in [6.07, 6.45) is 0. The number of halogens is 1. The number of aryl methyl sites for hydroxylation is 1. The van der Waals surface area contributed by atoms with Crippen LogP contribution in [0.1, 0.15) is 5.82 Å². The molecule has 0 amide bonds. The van der Waals surface area contributed by atoms with Gasteiger partial charge in [0, 0.05) is 28.9 Å². The molecule has 3 aromatic rings. The molecule has 0 spiro atoms. The highest BCUT2D eigenvalue weighted by Gasteiger charge is 2.27. The highest BCUT2D eigenvalue weighted by molar-refractivity contribution is 6.13. The summed E-state index contributed by atoms with van der Waals surface area (Å²) in [6.45, 7) is 1.99. The van der Waals surface area contributed by atoms with Crippen LogP contribution in [-0.4, -0.2) is 9.55 Å². The summed E-state index contributed by atoms with van der Waals surface area (Å²) < 4.78 is 15.9. The molecule has 0 saturated carbocycles. The molecule has 18 heavy (non-hydrogen) atoms. The van der Waals surface area contributed by atoms with Crippen molar-refractivity contribution >= 4 is 10.8 Å². The third-order valence-corrected chi connectivity index (χ3v) is 3.82. The number of hydrogen-bond acceptors (Lipinski definition) is 1. The number of imidazole rings is 1. The molecule has 0 aliphatic heterocycles. The predicted octanol–water partition coefficient (Wildman–Crippen LogP) is 3.67. The van der Waals surface area contributed by atoms with E-state index >= 15 is 0 Å². The first-order valence-electron chi connectivity index (χ1n) is 5.94. The molecular formula is C15H11FN2. The van der Waals surface area contributed by atoms with Crippen molar-refractivity contribution in [2.45, 2.75) is 6.92 Å². The van der Waals surface area contributed by atoms with Crippen LogP contribution in [0.4, 0.5) is 4.39 Å². The van der Waals surface area contributed by atoms with Crippen LogP contribution in [0, 0.1) is 12.7 Å². The molecule has 1 heterocycles. The van der Waals surface area contributed by atoms with Crippen molar-refractivity contribution < 1.29 is 4.39 Å². The van der Waals surface area contributed by atoms with E-state index in [1.165, 1.54) is 6.07 Å². The van der Waals surface area contributed by atoms with Gasteiger partial charge in [-0.25, -0.2) is 9.37 Å². The monoisotopic (exact) mass is 238 g/mol. The summed E-state index contributed by atoms with van der Waals surface area (Å²) in [4.78, 5) is 4.60. The average molecular weight is 238 g/mol. The molecule has 4 rings (SSSR count). The van der Waals surface area contributed by atoms with Crippen LogP contribution in [0.2, 0.25) is 0 Å². The van der Waals surface area contributed by atoms with Gasteiger partial charge in [0.1, 0.15) is 11.6 Å². The summed E-state index contributed by atoms with van der Waals surface area (Å²) in [5.74, 6) is 0.812. The first-order valence-corrected chi connectivity index (χ1v) is 5.94. The first-order chi connectivity index (χ1) is 8.68. The van der Waals surface area contributed by atoms with E-state index in [0.29, 0.717) is 5.39 Å². The van der Waals surface area contributed by atoms with Gasteiger partial charge < -0.3 is 4.57 Å².